The lowest BCUT2D eigenvalue weighted by atomic mass is 9.87. The predicted molar refractivity (Wildman–Crippen MR) is 74.3 cm³/mol. The molecule has 98 valence electrons. The quantitative estimate of drug-likeness (QED) is 0.840. The van der Waals surface area contributed by atoms with Crippen LogP contribution in [-0.2, 0) is 4.79 Å². The monoisotopic (exact) mass is 273 g/mol. The highest BCUT2D eigenvalue weighted by molar-refractivity contribution is 7.10. The topological polar surface area (TPSA) is 58.7 Å². The fraction of sp³-hybridized carbons (Fsp3) is 0.357. The van der Waals surface area contributed by atoms with E-state index in [1.807, 2.05) is 29.1 Å². The number of nitriles is 1. The summed E-state index contributed by atoms with van der Waals surface area (Å²) in [6, 6.07) is 4.15. The molecule has 2 heterocycles. The molecule has 0 spiro atoms. The smallest absolute Gasteiger partial charge is 0.138 e. The Balaban J connectivity index is 2.29. The first kappa shape index (κ1) is 13.5. The van der Waals surface area contributed by atoms with Crippen LogP contribution in [0.2, 0.25) is 0 Å². The van der Waals surface area contributed by atoms with E-state index in [4.69, 9.17) is 5.26 Å². The minimum absolute atomic E-state index is 0.0387. The van der Waals surface area contributed by atoms with Gasteiger partial charge in [-0.25, -0.2) is 4.98 Å². The minimum Gasteiger partial charge on any atom is -0.305 e. The third-order valence-electron chi connectivity index (χ3n) is 3.14. The molecule has 2 unspecified atom stereocenters. The molecular formula is C14H15N3OS. The van der Waals surface area contributed by atoms with E-state index in [1.54, 1.807) is 30.8 Å². The van der Waals surface area contributed by atoms with Gasteiger partial charge < -0.3 is 4.57 Å². The second kappa shape index (κ2) is 5.81. The number of Topliss-reactive ketones (excluding diaryl/α,β-unsaturated/α-hetero) is 1. The molecule has 19 heavy (non-hydrogen) atoms. The minimum atomic E-state index is -0.193. The Kier molecular flexibility index (Phi) is 4.13. The number of aromatic nitrogens is 2. The Hall–Kier alpha value is -1.93. The van der Waals surface area contributed by atoms with Crippen LogP contribution >= 0.6 is 11.3 Å². The number of ketones is 1. The summed E-state index contributed by atoms with van der Waals surface area (Å²) < 4.78 is 1.91. The average Bonchev–Trinajstić information content (AvgIpc) is 2.98. The fourth-order valence-electron chi connectivity index (χ4n) is 2.20. The molecule has 2 atom stereocenters. The third-order valence-corrected chi connectivity index (χ3v) is 4.14. The number of thiophene rings is 1. The molecule has 5 heteroatoms. The zero-order chi connectivity index (χ0) is 13.8. The van der Waals surface area contributed by atoms with Gasteiger partial charge >= 0.3 is 0 Å². The molecule has 0 saturated heterocycles. The first-order chi connectivity index (χ1) is 9.13. The summed E-state index contributed by atoms with van der Waals surface area (Å²) >= 11 is 1.56. The van der Waals surface area contributed by atoms with Gasteiger partial charge in [0, 0.05) is 29.1 Å². The zero-order valence-corrected chi connectivity index (χ0v) is 11.7. The Bertz CT molecular complexity index is 594. The number of rotatable bonds is 5. The van der Waals surface area contributed by atoms with Crippen LogP contribution in [0.5, 0.6) is 0 Å². The van der Waals surface area contributed by atoms with Crippen LogP contribution in [0.4, 0.5) is 0 Å². The summed E-state index contributed by atoms with van der Waals surface area (Å²) in [5.41, 5.74) is 1.01. The molecule has 2 aromatic rings. The van der Waals surface area contributed by atoms with Crippen LogP contribution in [0.25, 0.3) is 5.69 Å². The van der Waals surface area contributed by atoms with Crippen molar-refractivity contribution in [2.75, 3.05) is 0 Å². The highest BCUT2D eigenvalue weighted by atomic mass is 32.1. The molecule has 2 aromatic heterocycles. The summed E-state index contributed by atoms with van der Waals surface area (Å²) in [6.45, 7) is 3.54. The van der Waals surface area contributed by atoms with Crippen LogP contribution in [0.3, 0.4) is 0 Å². The molecule has 4 nitrogen and oxygen atoms in total. The van der Waals surface area contributed by atoms with Gasteiger partial charge in [-0.1, -0.05) is 6.92 Å². The van der Waals surface area contributed by atoms with Gasteiger partial charge in [0.1, 0.15) is 5.78 Å². The highest BCUT2D eigenvalue weighted by Crippen LogP contribution is 2.33. The predicted octanol–water partition coefficient (Wildman–Crippen LogP) is 3.16. The molecule has 0 amide bonds. The van der Waals surface area contributed by atoms with E-state index in [1.165, 1.54) is 0 Å². The van der Waals surface area contributed by atoms with Crippen molar-refractivity contribution in [1.29, 1.82) is 5.26 Å². The van der Waals surface area contributed by atoms with Crippen molar-refractivity contribution in [2.24, 2.45) is 5.92 Å². The second-order valence-electron chi connectivity index (χ2n) is 4.61. The van der Waals surface area contributed by atoms with Gasteiger partial charge in [-0.2, -0.15) is 5.26 Å². The van der Waals surface area contributed by atoms with E-state index in [2.05, 4.69) is 11.1 Å². The maximum Gasteiger partial charge on any atom is 0.138 e. The molecule has 0 fully saturated rings. The largest absolute Gasteiger partial charge is 0.305 e. The molecule has 0 bridgehead atoms. The highest BCUT2D eigenvalue weighted by Gasteiger charge is 2.25. The van der Waals surface area contributed by atoms with Gasteiger partial charge in [-0.05, 0) is 18.9 Å². The first-order valence-electron chi connectivity index (χ1n) is 6.07. The standard InChI is InChI=1S/C14H15N3OS/c1-10(3-4-15)14(11(2)18)13-7-12(8-19-13)17-6-5-16-9-17/h5-10,14H,3H2,1-2H3. The second-order valence-corrected chi connectivity index (χ2v) is 5.55. The van der Waals surface area contributed by atoms with Crippen LogP contribution in [-0.4, -0.2) is 15.3 Å². The SMILES string of the molecule is CC(=O)C(c1cc(-n2ccnc2)cs1)C(C)CC#N. The Morgan fingerprint density at radius 2 is 2.42 bits per heavy atom. The van der Waals surface area contributed by atoms with Crippen molar-refractivity contribution in [3.8, 4) is 11.8 Å². The molecule has 2 rings (SSSR count). The number of nitrogens with zero attached hydrogens (tertiary/aromatic N) is 3. The first-order valence-corrected chi connectivity index (χ1v) is 6.95. The van der Waals surface area contributed by atoms with Crippen molar-refractivity contribution in [2.45, 2.75) is 26.2 Å². The van der Waals surface area contributed by atoms with E-state index < -0.39 is 0 Å². The fourth-order valence-corrected chi connectivity index (χ4v) is 3.38. The summed E-state index contributed by atoms with van der Waals surface area (Å²) in [5.74, 6) is -0.0412. The molecule has 0 aromatic carbocycles. The number of carbonyl (C=O) groups excluding carboxylic acids is 1. The summed E-state index contributed by atoms with van der Waals surface area (Å²) in [4.78, 5) is 16.9. The number of imidazole rings is 1. The van der Waals surface area contributed by atoms with E-state index in [-0.39, 0.29) is 17.6 Å². The number of hydrogen-bond donors (Lipinski definition) is 0. The van der Waals surface area contributed by atoms with Gasteiger partial charge in [-0.15, -0.1) is 11.3 Å². The Morgan fingerprint density at radius 3 is 3.00 bits per heavy atom. The normalized spacial score (nSPS) is 13.7. The maximum atomic E-state index is 11.8. The van der Waals surface area contributed by atoms with Gasteiger partial charge in [0.05, 0.1) is 24.0 Å². The van der Waals surface area contributed by atoms with Crippen LogP contribution in [0.1, 0.15) is 31.1 Å². The lowest BCUT2D eigenvalue weighted by Gasteiger charge is -2.17. The molecule has 0 saturated carbocycles. The van der Waals surface area contributed by atoms with Crippen LogP contribution in [0.15, 0.2) is 30.2 Å². The molecule has 0 aliphatic heterocycles. The van der Waals surface area contributed by atoms with Gasteiger partial charge in [0.15, 0.2) is 0 Å². The zero-order valence-electron chi connectivity index (χ0n) is 10.9. The third kappa shape index (κ3) is 2.91. The van der Waals surface area contributed by atoms with E-state index in [0.29, 0.717) is 6.42 Å². The van der Waals surface area contributed by atoms with Crippen molar-refractivity contribution in [3.63, 3.8) is 0 Å². The van der Waals surface area contributed by atoms with E-state index in [0.717, 1.165) is 10.6 Å². The lowest BCUT2D eigenvalue weighted by molar-refractivity contribution is -0.119. The number of hydrogen-bond acceptors (Lipinski definition) is 4. The van der Waals surface area contributed by atoms with E-state index >= 15 is 0 Å². The van der Waals surface area contributed by atoms with Crippen molar-refractivity contribution >= 4 is 17.1 Å². The Labute approximate surface area is 116 Å². The van der Waals surface area contributed by atoms with E-state index in [9.17, 15) is 4.79 Å². The summed E-state index contributed by atoms with van der Waals surface area (Å²) in [6.07, 6.45) is 5.71. The van der Waals surface area contributed by atoms with Crippen molar-refractivity contribution < 1.29 is 4.79 Å². The van der Waals surface area contributed by atoms with Gasteiger partial charge in [0.2, 0.25) is 0 Å². The van der Waals surface area contributed by atoms with Crippen LogP contribution < -0.4 is 0 Å². The molecule has 0 aliphatic carbocycles. The summed E-state index contributed by atoms with van der Waals surface area (Å²) in [7, 11) is 0. The van der Waals surface area contributed by atoms with Crippen LogP contribution in [0, 0.1) is 17.2 Å². The van der Waals surface area contributed by atoms with Crippen molar-refractivity contribution in [3.05, 3.63) is 35.0 Å². The maximum absolute atomic E-state index is 11.8. The average molecular weight is 273 g/mol. The number of carbonyl (C=O) groups is 1. The lowest BCUT2D eigenvalue weighted by Crippen LogP contribution is -2.16. The Morgan fingerprint density at radius 1 is 1.63 bits per heavy atom. The van der Waals surface area contributed by atoms with Gasteiger partial charge in [-0.3, -0.25) is 4.79 Å². The molecule has 0 aliphatic rings. The van der Waals surface area contributed by atoms with Crippen molar-refractivity contribution in [1.82, 2.24) is 9.55 Å². The molecular weight excluding hydrogens is 258 g/mol. The van der Waals surface area contributed by atoms with Gasteiger partial charge in [0.25, 0.3) is 0 Å². The molecule has 0 radical (unpaired) electrons. The molecule has 0 N–H and O–H groups in total. The summed E-state index contributed by atoms with van der Waals surface area (Å²) in [5, 5.41) is 10.8.